The molecule has 0 amide bonds. The van der Waals surface area contributed by atoms with E-state index in [1.54, 1.807) is 18.8 Å². The Labute approximate surface area is 150 Å². The lowest BCUT2D eigenvalue weighted by molar-refractivity contribution is 0.203. The molecule has 0 saturated carbocycles. The quantitative estimate of drug-likeness (QED) is 0.696. The number of ether oxygens (including phenoxy) is 1. The number of para-hydroxylation sites is 1. The van der Waals surface area contributed by atoms with Gasteiger partial charge in [0.05, 0.1) is 0 Å². The molecule has 0 bridgehead atoms. The van der Waals surface area contributed by atoms with Crippen LogP contribution in [-0.2, 0) is 17.5 Å². The van der Waals surface area contributed by atoms with Gasteiger partial charge in [0.15, 0.2) is 6.35 Å². The van der Waals surface area contributed by atoms with Crippen LogP contribution in [0.4, 0.5) is 0 Å². The van der Waals surface area contributed by atoms with Crippen LogP contribution in [0.3, 0.4) is 0 Å². The molecule has 2 aromatic rings. The Kier molecular flexibility index (Phi) is 5.51. The van der Waals surface area contributed by atoms with Crippen LogP contribution in [0.2, 0.25) is 0 Å². The minimum atomic E-state index is -2.86. The fraction of sp³-hybridized carbons (Fsp3) is 0.400. The van der Waals surface area contributed by atoms with Crippen LogP contribution in [0, 0.1) is 0 Å². The summed E-state index contributed by atoms with van der Waals surface area (Å²) in [6.45, 7) is 8.12. The largest absolute Gasteiger partial charge is 0.482 e. The van der Waals surface area contributed by atoms with Gasteiger partial charge in [-0.15, -0.1) is 0 Å². The summed E-state index contributed by atoms with van der Waals surface area (Å²) < 4.78 is 24.0. The van der Waals surface area contributed by atoms with Gasteiger partial charge in [0, 0.05) is 25.8 Å². The van der Waals surface area contributed by atoms with Crippen LogP contribution in [0.5, 0.6) is 11.5 Å². The summed E-state index contributed by atoms with van der Waals surface area (Å²) in [5.74, 6) is 1.37. The second-order valence-electron chi connectivity index (χ2n) is 6.94. The van der Waals surface area contributed by atoms with E-state index in [9.17, 15) is 4.57 Å². The van der Waals surface area contributed by atoms with Crippen LogP contribution < -0.4 is 9.26 Å². The maximum Gasteiger partial charge on any atom is 0.281 e. The molecule has 1 heterocycles. The topological polar surface area (TPSA) is 38.8 Å². The van der Waals surface area contributed by atoms with E-state index in [2.05, 4.69) is 30.9 Å². The zero-order valence-electron chi connectivity index (χ0n) is 15.1. The molecule has 1 unspecified atom stereocenters. The number of fused-ring (bicyclic) bond motifs is 1. The van der Waals surface area contributed by atoms with Gasteiger partial charge < -0.3 is 9.26 Å². The Balaban J connectivity index is 1.61. The van der Waals surface area contributed by atoms with Crippen molar-refractivity contribution in [2.24, 2.45) is 0 Å². The van der Waals surface area contributed by atoms with Crippen molar-refractivity contribution >= 4 is 7.37 Å². The minimum absolute atomic E-state index is 0.0683. The SMILES string of the molecule is CC(C)N1CCc2cc(OCP(C)(=O)Oc3ccccc3)ccc2C1. The van der Waals surface area contributed by atoms with Gasteiger partial charge in [-0.2, -0.15) is 0 Å². The Morgan fingerprint density at radius 3 is 2.56 bits per heavy atom. The van der Waals surface area contributed by atoms with Gasteiger partial charge in [0.1, 0.15) is 11.5 Å². The molecule has 5 heteroatoms. The highest BCUT2D eigenvalue weighted by atomic mass is 31.2. The van der Waals surface area contributed by atoms with Crippen LogP contribution in [0.1, 0.15) is 25.0 Å². The van der Waals surface area contributed by atoms with Gasteiger partial charge in [0.2, 0.25) is 0 Å². The molecule has 0 aromatic heterocycles. The van der Waals surface area contributed by atoms with E-state index < -0.39 is 7.37 Å². The van der Waals surface area contributed by atoms with Gasteiger partial charge in [-0.25, -0.2) is 0 Å². The molecule has 0 N–H and O–H groups in total. The van der Waals surface area contributed by atoms with Crippen molar-refractivity contribution in [3.63, 3.8) is 0 Å². The van der Waals surface area contributed by atoms with Gasteiger partial charge in [-0.1, -0.05) is 24.3 Å². The maximum absolute atomic E-state index is 12.6. The lowest BCUT2D eigenvalue weighted by Crippen LogP contribution is -2.35. The van der Waals surface area contributed by atoms with E-state index in [1.807, 2.05) is 24.3 Å². The highest BCUT2D eigenvalue weighted by molar-refractivity contribution is 7.58. The predicted octanol–water partition coefficient (Wildman–Crippen LogP) is 4.78. The fourth-order valence-electron chi connectivity index (χ4n) is 3.00. The molecule has 1 aliphatic heterocycles. The summed E-state index contributed by atoms with van der Waals surface area (Å²) in [6, 6.07) is 16.0. The average molecular weight is 359 g/mol. The van der Waals surface area contributed by atoms with Crippen molar-refractivity contribution in [3.8, 4) is 11.5 Å². The first-order chi connectivity index (χ1) is 11.9. The van der Waals surface area contributed by atoms with Gasteiger partial charge in [-0.05, 0) is 55.7 Å². The highest BCUT2D eigenvalue weighted by Crippen LogP contribution is 2.43. The van der Waals surface area contributed by atoms with Gasteiger partial charge in [0.25, 0.3) is 7.37 Å². The molecule has 1 atom stereocenters. The van der Waals surface area contributed by atoms with Crippen molar-refractivity contribution in [2.45, 2.75) is 32.9 Å². The molecule has 1 aliphatic rings. The molecule has 3 rings (SSSR count). The monoisotopic (exact) mass is 359 g/mol. The summed E-state index contributed by atoms with van der Waals surface area (Å²) in [7, 11) is -2.86. The fourth-order valence-corrected chi connectivity index (χ4v) is 4.01. The van der Waals surface area contributed by atoms with E-state index in [0.717, 1.165) is 25.3 Å². The van der Waals surface area contributed by atoms with Crippen molar-refractivity contribution in [1.29, 1.82) is 0 Å². The molecule has 0 saturated heterocycles. The molecule has 4 nitrogen and oxygen atoms in total. The van der Waals surface area contributed by atoms with Crippen LogP contribution in [-0.4, -0.2) is 30.5 Å². The van der Waals surface area contributed by atoms with E-state index in [0.29, 0.717) is 11.8 Å². The maximum atomic E-state index is 12.6. The standard InChI is InChI=1S/C20H26NO3P/c1-16(2)21-12-11-17-13-20(10-9-18(17)14-21)23-15-25(3,22)24-19-7-5-4-6-8-19/h4-10,13,16H,11-12,14-15H2,1-3H3. The third-order valence-corrected chi connectivity index (χ3v) is 5.65. The number of hydrogen-bond donors (Lipinski definition) is 0. The van der Waals surface area contributed by atoms with Crippen LogP contribution in [0.25, 0.3) is 0 Å². The number of rotatable bonds is 6. The lowest BCUT2D eigenvalue weighted by atomic mass is 9.98. The Bertz CT molecular complexity index is 761. The summed E-state index contributed by atoms with van der Waals surface area (Å²) in [5, 5.41) is 0. The van der Waals surface area contributed by atoms with Crippen molar-refractivity contribution in [3.05, 3.63) is 59.7 Å². The molecule has 2 aromatic carbocycles. The smallest absolute Gasteiger partial charge is 0.281 e. The van der Waals surface area contributed by atoms with E-state index in [-0.39, 0.29) is 6.35 Å². The van der Waals surface area contributed by atoms with E-state index in [1.165, 1.54) is 11.1 Å². The normalized spacial score (nSPS) is 17.0. The third kappa shape index (κ3) is 4.87. The Morgan fingerprint density at radius 2 is 1.84 bits per heavy atom. The van der Waals surface area contributed by atoms with Crippen LogP contribution >= 0.6 is 7.37 Å². The van der Waals surface area contributed by atoms with Crippen LogP contribution in [0.15, 0.2) is 48.5 Å². The summed E-state index contributed by atoms with van der Waals surface area (Å²) >= 11 is 0. The highest BCUT2D eigenvalue weighted by Gasteiger charge is 2.21. The zero-order valence-corrected chi connectivity index (χ0v) is 16.0. The molecule has 0 aliphatic carbocycles. The summed E-state index contributed by atoms with van der Waals surface area (Å²) in [4.78, 5) is 2.47. The van der Waals surface area contributed by atoms with E-state index in [4.69, 9.17) is 9.26 Å². The first kappa shape index (κ1) is 18.0. The number of nitrogens with zero attached hydrogens (tertiary/aromatic N) is 1. The third-order valence-electron chi connectivity index (χ3n) is 4.46. The van der Waals surface area contributed by atoms with E-state index >= 15 is 0 Å². The number of hydrogen-bond acceptors (Lipinski definition) is 4. The average Bonchev–Trinajstić information content (AvgIpc) is 2.60. The zero-order chi connectivity index (χ0) is 17.9. The summed E-state index contributed by atoms with van der Waals surface area (Å²) in [5.41, 5.74) is 2.68. The Hall–Kier alpha value is -1.77. The Morgan fingerprint density at radius 1 is 1.08 bits per heavy atom. The second-order valence-corrected chi connectivity index (χ2v) is 9.41. The van der Waals surface area contributed by atoms with Gasteiger partial charge in [-0.3, -0.25) is 9.46 Å². The van der Waals surface area contributed by atoms with Crippen molar-refractivity contribution < 1.29 is 13.8 Å². The molecule has 0 radical (unpaired) electrons. The molecule has 25 heavy (non-hydrogen) atoms. The minimum Gasteiger partial charge on any atom is -0.482 e. The number of benzene rings is 2. The molecule has 0 spiro atoms. The first-order valence-electron chi connectivity index (χ1n) is 8.73. The molecular formula is C20H26NO3P. The van der Waals surface area contributed by atoms with Crippen molar-refractivity contribution in [2.75, 3.05) is 19.6 Å². The second kappa shape index (κ2) is 7.63. The van der Waals surface area contributed by atoms with Crippen molar-refractivity contribution in [1.82, 2.24) is 4.90 Å². The first-order valence-corrected chi connectivity index (χ1v) is 11.0. The molecule has 0 fully saturated rings. The van der Waals surface area contributed by atoms with Gasteiger partial charge >= 0.3 is 0 Å². The predicted molar refractivity (Wildman–Crippen MR) is 102 cm³/mol. The lowest BCUT2D eigenvalue weighted by Gasteiger charge is -2.32. The summed E-state index contributed by atoms with van der Waals surface area (Å²) in [6.07, 6.45) is 1.09. The molecular weight excluding hydrogens is 333 g/mol. The molecule has 134 valence electrons.